The summed E-state index contributed by atoms with van der Waals surface area (Å²) in [6.45, 7) is 4.81. The van der Waals surface area contributed by atoms with Crippen LogP contribution >= 0.6 is 0 Å². The quantitative estimate of drug-likeness (QED) is 0.356. The maximum absolute atomic E-state index is 12.1. The Balaban J connectivity index is 1.44. The van der Waals surface area contributed by atoms with Gasteiger partial charge in [0.15, 0.2) is 5.65 Å². The number of nitrogens with zero attached hydrogens (tertiary/aromatic N) is 3. The van der Waals surface area contributed by atoms with Gasteiger partial charge in [-0.15, -0.1) is 0 Å². The topological polar surface area (TPSA) is 104 Å². The van der Waals surface area contributed by atoms with Crippen LogP contribution in [0.2, 0.25) is 0 Å². The Hall–Kier alpha value is -4.07. The van der Waals surface area contributed by atoms with Crippen molar-refractivity contribution in [2.24, 2.45) is 0 Å². The molecule has 2 heterocycles. The third-order valence-corrected chi connectivity index (χ3v) is 4.82. The number of urea groups is 1. The normalized spacial score (nSPS) is 10.8. The number of phenols is 1. The van der Waals surface area contributed by atoms with Gasteiger partial charge < -0.3 is 21.1 Å². The van der Waals surface area contributed by atoms with Crippen molar-refractivity contribution in [3.05, 3.63) is 71.9 Å². The molecule has 0 radical (unpaired) electrons. The Morgan fingerprint density at radius 1 is 1.06 bits per heavy atom. The molecule has 8 heteroatoms. The lowest BCUT2D eigenvalue weighted by Crippen LogP contribution is -2.32. The number of carbonyl (C=O) groups excluding carboxylic acids is 1. The Morgan fingerprint density at radius 2 is 1.90 bits per heavy atom. The molecule has 0 atom stereocenters. The van der Waals surface area contributed by atoms with Crippen molar-refractivity contribution in [1.82, 2.24) is 19.9 Å². The summed E-state index contributed by atoms with van der Waals surface area (Å²) < 4.78 is 1.71. The fourth-order valence-electron chi connectivity index (χ4n) is 3.29. The first-order valence-corrected chi connectivity index (χ1v) is 10.0. The van der Waals surface area contributed by atoms with Crippen LogP contribution in [0.3, 0.4) is 0 Å². The van der Waals surface area contributed by atoms with E-state index in [4.69, 9.17) is 0 Å². The summed E-state index contributed by atoms with van der Waals surface area (Å²) in [5.41, 5.74) is 4.74. The number of para-hydroxylation sites is 1. The van der Waals surface area contributed by atoms with Crippen molar-refractivity contribution in [3.8, 4) is 17.0 Å². The third-order valence-electron chi connectivity index (χ3n) is 4.82. The summed E-state index contributed by atoms with van der Waals surface area (Å²) >= 11 is 0. The fraction of sp³-hybridized carbons (Fsp3) is 0.174. The molecular formula is C23H24N6O2. The number of aryl methyl sites for hydroxylation is 2. The molecule has 0 unspecified atom stereocenters. The molecule has 2 amide bonds. The highest BCUT2D eigenvalue weighted by molar-refractivity contribution is 5.89. The Labute approximate surface area is 180 Å². The zero-order valence-electron chi connectivity index (χ0n) is 17.4. The number of amides is 2. The maximum Gasteiger partial charge on any atom is 0.319 e. The fourth-order valence-corrected chi connectivity index (χ4v) is 3.29. The summed E-state index contributed by atoms with van der Waals surface area (Å²) in [5, 5.41) is 23.6. The van der Waals surface area contributed by atoms with Gasteiger partial charge in [-0.2, -0.15) is 9.61 Å². The van der Waals surface area contributed by atoms with E-state index in [1.54, 1.807) is 22.8 Å². The highest BCUT2D eigenvalue weighted by Gasteiger charge is 2.13. The zero-order chi connectivity index (χ0) is 21.8. The second kappa shape index (κ2) is 8.74. The molecule has 0 aliphatic rings. The molecule has 0 bridgehead atoms. The number of aromatic nitrogens is 3. The van der Waals surface area contributed by atoms with Crippen LogP contribution in [0.15, 0.2) is 60.8 Å². The molecule has 8 nitrogen and oxygen atoms in total. The largest absolute Gasteiger partial charge is 0.507 e. The number of anilines is 2. The molecule has 2 aromatic heterocycles. The monoisotopic (exact) mass is 416 g/mol. The predicted molar refractivity (Wildman–Crippen MR) is 122 cm³/mol. The number of benzene rings is 2. The van der Waals surface area contributed by atoms with E-state index in [-0.39, 0.29) is 11.8 Å². The maximum atomic E-state index is 12.1. The van der Waals surface area contributed by atoms with Gasteiger partial charge in [0.2, 0.25) is 0 Å². The van der Waals surface area contributed by atoms with Gasteiger partial charge in [0.25, 0.3) is 0 Å². The number of carbonyl (C=O) groups is 1. The number of rotatable bonds is 6. The number of nitrogens with one attached hydrogen (secondary N) is 3. The smallest absolute Gasteiger partial charge is 0.319 e. The Kier molecular flexibility index (Phi) is 5.70. The minimum absolute atomic E-state index is 0.164. The van der Waals surface area contributed by atoms with Gasteiger partial charge >= 0.3 is 6.03 Å². The van der Waals surface area contributed by atoms with Crippen LogP contribution in [0.1, 0.15) is 11.1 Å². The van der Waals surface area contributed by atoms with Crippen molar-refractivity contribution in [1.29, 1.82) is 0 Å². The molecular weight excluding hydrogens is 392 g/mol. The van der Waals surface area contributed by atoms with E-state index >= 15 is 0 Å². The second-order valence-electron chi connectivity index (χ2n) is 7.28. The molecule has 0 saturated heterocycles. The average Bonchev–Trinajstić information content (AvgIpc) is 3.12. The van der Waals surface area contributed by atoms with Gasteiger partial charge in [-0.1, -0.05) is 24.3 Å². The molecule has 4 rings (SSSR count). The first-order chi connectivity index (χ1) is 15.0. The van der Waals surface area contributed by atoms with E-state index < -0.39 is 0 Å². The van der Waals surface area contributed by atoms with Crippen molar-refractivity contribution >= 4 is 23.2 Å². The van der Waals surface area contributed by atoms with Crippen LogP contribution in [0.4, 0.5) is 16.3 Å². The molecule has 31 heavy (non-hydrogen) atoms. The lowest BCUT2D eigenvalue weighted by Gasteiger charge is -2.12. The molecule has 4 N–H and O–H groups in total. The minimum Gasteiger partial charge on any atom is -0.507 e. The van der Waals surface area contributed by atoms with Crippen LogP contribution in [0.25, 0.3) is 16.9 Å². The second-order valence-corrected chi connectivity index (χ2v) is 7.28. The summed E-state index contributed by atoms with van der Waals surface area (Å²) in [5.74, 6) is 0.884. The number of hydrogen-bond acceptors (Lipinski definition) is 5. The van der Waals surface area contributed by atoms with E-state index in [2.05, 4.69) is 26.0 Å². The predicted octanol–water partition coefficient (Wildman–Crippen LogP) is 3.95. The van der Waals surface area contributed by atoms with Crippen molar-refractivity contribution in [2.75, 3.05) is 23.7 Å². The molecule has 158 valence electrons. The van der Waals surface area contributed by atoms with Gasteiger partial charge in [-0.05, 0) is 43.7 Å². The molecule has 0 spiro atoms. The Bertz CT molecular complexity index is 1230. The van der Waals surface area contributed by atoms with Gasteiger partial charge in [0, 0.05) is 36.0 Å². The van der Waals surface area contributed by atoms with Gasteiger partial charge in [0.05, 0.1) is 11.9 Å². The zero-order valence-corrected chi connectivity index (χ0v) is 17.4. The van der Waals surface area contributed by atoms with Gasteiger partial charge in [-0.3, -0.25) is 0 Å². The molecule has 0 aliphatic carbocycles. The van der Waals surface area contributed by atoms with E-state index in [0.29, 0.717) is 30.0 Å². The van der Waals surface area contributed by atoms with E-state index in [1.165, 1.54) is 0 Å². The SMILES string of the molecule is Cc1cccc(NC(=O)NCCNc2cc(-c3ccccc3O)nc3c(C)cnn23)c1. The lowest BCUT2D eigenvalue weighted by atomic mass is 10.1. The molecule has 0 fully saturated rings. The summed E-state index contributed by atoms with van der Waals surface area (Å²) in [4.78, 5) is 16.8. The minimum atomic E-state index is -0.267. The Morgan fingerprint density at radius 3 is 2.71 bits per heavy atom. The summed E-state index contributed by atoms with van der Waals surface area (Å²) in [6, 6.07) is 16.3. The van der Waals surface area contributed by atoms with Crippen molar-refractivity contribution in [2.45, 2.75) is 13.8 Å². The van der Waals surface area contributed by atoms with Crippen LogP contribution in [-0.2, 0) is 0 Å². The van der Waals surface area contributed by atoms with Crippen LogP contribution in [-0.4, -0.2) is 38.8 Å². The number of hydrogen-bond donors (Lipinski definition) is 4. The summed E-state index contributed by atoms with van der Waals surface area (Å²) in [6.07, 6.45) is 1.75. The number of fused-ring (bicyclic) bond motifs is 1. The van der Waals surface area contributed by atoms with Crippen molar-refractivity contribution in [3.63, 3.8) is 0 Å². The number of phenolic OH excluding ortho intramolecular Hbond substituents is 1. The highest BCUT2D eigenvalue weighted by atomic mass is 16.3. The van der Waals surface area contributed by atoms with E-state index in [9.17, 15) is 9.90 Å². The summed E-state index contributed by atoms with van der Waals surface area (Å²) in [7, 11) is 0. The third kappa shape index (κ3) is 4.58. The average molecular weight is 416 g/mol. The van der Waals surface area contributed by atoms with Gasteiger partial charge in [-0.25, -0.2) is 9.78 Å². The van der Waals surface area contributed by atoms with E-state index in [1.807, 2.05) is 56.3 Å². The molecule has 0 saturated carbocycles. The van der Waals surface area contributed by atoms with Crippen LogP contribution in [0.5, 0.6) is 5.75 Å². The first-order valence-electron chi connectivity index (χ1n) is 10.0. The molecule has 0 aliphatic heterocycles. The lowest BCUT2D eigenvalue weighted by molar-refractivity contribution is 0.252. The van der Waals surface area contributed by atoms with Crippen LogP contribution in [0, 0.1) is 13.8 Å². The number of aromatic hydroxyl groups is 1. The molecule has 2 aromatic carbocycles. The first kappa shape index (κ1) is 20.2. The van der Waals surface area contributed by atoms with Crippen LogP contribution < -0.4 is 16.0 Å². The highest BCUT2D eigenvalue weighted by Crippen LogP contribution is 2.29. The van der Waals surface area contributed by atoms with E-state index in [0.717, 1.165) is 22.6 Å². The van der Waals surface area contributed by atoms with Gasteiger partial charge in [0.1, 0.15) is 11.6 Å². The molecule has 4 aromatic rings. The standard InChI is InChI=1S/C23H24N6O2/c1-15-6-5-7-17(12-15)27-23(31)25-11-10-24-21-13-19(18-8-3-4-9-20(18)30)28-22-16(2)14-26-29(21)22/h3-9,12-14,24,30H,10-11H2,1-2H3,(H2,25,27,31). The van der Waals surface area contributed by atoms with Crippen molar-refractivity contribution < 1.29 is 9.90 Å².